The third-order valence-corrected chi connectivity index (χ3v) is 3.91. The fourth-order valence-corrected chi connectivity index (χ4v) is 2.60. The Balaban J connectivity index is 1.63. The number of hydrogen-bond acceptors (Lipinski definition) is 2. The summed E-state index contributed by atoms with van der Waals surface area (Å²) in [5.41, 5.74) is 1.80. The zero-order valence-electron chi connectivity index (χ0n) is 13.2. The highest BCUT2D eigenvalue weighted by atomic mass is 19.1. The highest BCUT2D eigenvalue weighted by molar-refractivity contribution is 5.96. The third kappa shape index (κ3) is 6.22. The smallest absolute Gasteiger partial charge is 0.229 e. The molecule has 0 unspecified atom stereocenters. The zero-order chi connectivity index (χ0) is 16.5. The van der Waals surface area contributed by atoms with Crippen LogP contribution in [-0.2, 0) is 16.1 Å². The largest absolute Gasteiger partial charge is 0.355 e. The molecule has 0 saturated heterocycles. The van der Waals surface area contributed by atoms with Crippen LogP contribution in [0, 0.1) is 5.82 Å². The number of carbonyl (C=O) groups is 2. The summed E-state index contributed by atoms with van der Waals surface area (Å²) in [6.45, 7) is 0.650. The molecule has 0 bridgehead atoms. The van der Waals surface area contributed by atoms with Crippen LogP contribution in [0.25, 0.3) is 0 Å². The van der Waals surface area contributed by atoms with Crippen LogP contribution in [0.5, 0.6) is 0 Å². The Morgan fingerprint density at radius 1 is 1.09 bits per heavy atom. The molecule has 0 radical (unpaired) electrons. The average molecular weight is 318 g/mol. The van der Waals surface area contributed by atoms with Crippen LogP contribution in [0.4, 0.5) is 4.39 Å². The Kier molecular flexibility index (Phi) is 6.78. The van der Waals surface area contributed by atoms with E-state index >= 15 is 0 Å². The molecule has 0 saturated carbocycles. The van der Waals surface area contributed by atoms with Gasteiger partial charge in [0.25, 0.3) is 0 Å². The van der Waals surface area contributed by atoms with Crippen molar-refractivity contribution in [1.82, 2.24) is 10.6 Å². The number of benzene rings is 1. The standard InChI is InChI=1S/C18H23FN2O2/c19-16-9-5-4-8-15(16)13-21-18(23)12-17(22)20-11-10-14-6-2-1-3-7-14/h4-6,8-9H,1-3,7,10-13H2,(H,20,22)(H,21,23). The summed E-state index contributed by atoms with van der Waals surface area (Å²) in [4.78, 5) is 23.4. The van der Waals surface area contributed by atoms with Crippen LogP contribution in [0.3, 0.4) is 0 Å². The lowest BCUT2D eigenvalue weighted by Gasteiger charge is -2.13. The molecule has 5 heteroatoms. The lowest BCUT2D eigenvalue weighted by Crippen LogP contribution is -2.32. The third-order valence-electron chi connectivity index (χ3n) is 3.91. The molecule has 0 aromatic heterocycles. The normalized spacial score (nSPS) is 14.0. The van der Waals surface area contributed by atoms with E-state index in [1.165, 1.54) is 24.5 Å². The monoisotopic (exact) mass is 318 g/mol. The molecule has 23 heavy (non-hydrogen) atoms. The topological polar surface area (TPSA) is 58.2 Å². The maximum absolute atomic E-state index is 13.4. The van der Waals surface area contributed by atoms with Crippen LogP contribution < -0.4 is 10.6 Å². The quantitative estimate of drug-likeness (QED) is 0.600. The van der Waals surface area contributed by atoms with E-state index in [-0.39, 0.29) is 24.7 Å². The SMILES string of the molecule is O=C(CC(=O)NCc1ccccc1F)NCCC1=CCCCC1. The van der Waals surface area contributed by atoms with E-state index in [9.17, 15) is 14.0 Å². The van der Waals surface area contributed by atoms with Gasteiger partial charge in [-0.3, -0.25) is 9.59 Å². The minimum atomic E-state index is -0.400. The van der Waals surface area contributed by atoms with E-state index in [1.807, 2.05) is 0 Å². The average Bonchev–Trinajstić information content (AvgIpc) is 2.55. The van der Waals surface area contributed by atoms with Crippen molar-refractivity contribution in [2.24, 2.45) is 0 Å². The van der Waals surface area contributed by atoms with E-state index in [2.05, 4.69) is 16.7 Å². The summed E-state index contributed by atoms with van der Waals surface area (Å²) in [7, 11) is 0. The van der Waals surface area contributed by atoms with Crippen molar-refractivity contribution in [1.29, 1.82) is 0 Å². The predicted octanol–water partition coefficient (Wildman–Crippen LogP) is 2.84. The van der Waals surface area contributed by atoms with Crippen LogP contribution in [-0.4, -0.2) is 18.4 Å². The van der Waals surface area contributed by atoms with Crippen LogP contribution >= 0.6 is 0 Å². The molecule has 4 nitrogen and oxygen atoms in total. The Bertz CT molecular complexity index is 584. The van der Waals surface area contributed by atoms with Gasteiger partial charge in [-0.15, -0.1) is 0 Å². The predicted molar refractivity (Wildman–Crippen MR) is 87.0 cm³/mol. The lowest BCUT2D eigenvalue weighted by atomic mass is 9.97. The summed E-state index contributed by atoms with van der Waals surface area (Å²) in [6.07, 6.45) is 7.57. The van der Waals surface area contributed by atoms with Crippen molar-refractivity contribution < 1.29 is 14.0 Å². The van der Waals surface area contributed by atoms with Gasteiger partial charge < -0.3 is 10.6 Å². The molecular weight excluding hydrogens is 295 g/mol. The summed E-state index contributed by atoms with van der Waals surface area (Å²) in [6, 6.07) is 6.24. The molecule has 0 atom stereocenters. The van der Waals surface area contributed by atoms with Crippen molar-refractivity contribution in [2.75, 3.05) is 6.54 Å². The first-order valence-electron chi connectivity index (χ1n) is 8.10. The van der Waals surface area contributed by atoms with Crippen molar-refractivity contribution in [3.05, 3.63) is 47.3 Å². The number of rotatable bonds is 7. The van der Waals surface area contributed by atoms with Gasteiger partial charge in [-0.2, -0.15) is 0 Å². The summed E-state index contributed by atoms with van der Waals surface area (Å²) in [5.74, 6) is -1.06. The first kappa shape index (κ1) is 17.2. The molecule has 2 N–H and O–H groups in total. The molecule has 0 aliphatic heterocycles. The van der Waals surface area contributed by atoms with Crippen molar-refractivity contribution in [2.45, 2.75) is 45.1 Å². The Labute approximate surface area is 136 Å². The summed E-state index contributed by atoms with van der Waals surface area (Å²) in [5, 5.41) is 5.32. The summed E-state index contributed by atoms with van der Waals surface area (Å²) >= 11 is 0. The van der Waals surface area contributed by atoms with Gasteiger partial charge in [0.15, 0.2) is 0 Å². The van der Waals surface area contributed by atoms with E-state index in [1.54, 1.807) is 18.2 Å². The zero-order valence-corrected chi connectivity index (χ0v) is 13.2. The van der Waals surface area contributed by atoms with Gasteiger partial charge in [-0.05, 0) is 38.2 Å². The second-order valence-corrected chi connectivity index (χ2v) is 5.75. The lowest BCUT2D eigenvalue weighted by molar-refractivity contribution is -0.129. The molecule has 124 valence electrons. The second kappa shape index (κ2) is 9.08. The van der Waals surface area contributed by atoms with Crippen LogP contribution in [0.2, 0.25) is 0 Å². The highest BCUT2D eigenvalue weighted by Crippen LogP contribution is 2.19. The first-order valence-corrected chi connectivity index (χ1v) is 8.10. The van der Waals surface area contributed by atoms with Crippen molar-refractivity contribution in [3.8, 4) is 0 Å². The molecule has 1 aliphatic rings. The van der Waals surface area contributed by atoms with Gasteiger partial charge in [-0.1, -0.05) is 29.8 Å². The van der Waals surface area contributed by atoms with E-state index in [4.69, 9.17) is 0 Å². The highest BCUT2D eigenvalue weighted by Gasteiger charge is 2.10. The minimum Gasteiger partial charge on any atom is -0.355 e. The van der Waals surface area contributed by atoms with Crippen molar-refractivity contribution in [3.63, 3.8) is 0 Å². The summed E-state index contributed by atoms with van der Waals surface area (Å²) < 4.78 is 13.4. The number of hydrogen-bond donors (Lipinski definition) is 2. The molecular formula is C18H23FN2O2. The van der Waals surface area contributed by atoms with Crippen LogP contribution in [0.15, 0.2) is 35.9 Å². The van der Waals surface area contributed by atoms with E-state index < -0.39 is 5.91 Å². The van der Waals surface area contributed by atoms with Gasteiger partial charge in [0.05, 0.1) is 0 Å². The van der Waals surface area contributed by atoms with Gasteiger partial charge in [0.2, 0.25) is 11.8 Å². The number of carbonyl (C=O) groups excluding carboxylic acids is 2. The first-order chi connectivity index (χ1) is 11.1. The van der Waals surface area contributed by atoms with Gasteiger partial charge >= 0.3 is 0 Å². The van der Waals surface area contributed by atoms with Gasteiger partial charge in [-0.25, -0.2) is 4.39 Å². The van der Waals surface area contributed by atoms with E-state index in [0.29, 0.717) is 12.1 Å². The number of allylic oxidation sites excluding steroid dienone is 1. The van der Waals surface area contributed by atoms with E-state index in [0.717, 1.165) is 19.3 Å². The van der Waals surface area contributed by atoms with Crippen LogP contribution in [0.1, 0.15) is 44.1 Å². The maximum Gasteiger partial charge on any atom is 0.229 e. The second-order valence-electron chi connectivity index (χ2n) is 5.75. The number of halogens is 1. The molecule has 2 amide bonds. The Hall–Kier alpha value is -2.17. The van der Waals surface area contributed by atoms with Crippen molar-refractivity contribution >= 4 is 11.8 Å². The fourth-order valence-electron chi connectivity index (χ4n) is 2.60. The molecule has 2 rings (SSSR count). The van der Waals surface area contributed by atoms with Gasteiger partial charge in [0, 0.05) is 18.7 Å². The maximum atomic E-state index is 13.4. The molecule has 0 fully saturated rings. The Morgan fingerprint density at radius 2 is 1.87 bits per heavy atom. The Morgan fingerprint density at radius 3 is 2.61 bits per heavy atom. The number of nitrogens with one attached hydrogen (secondary N) is 2. The molecule has 1 aromatic carbocycles. The fraction of sp³-hybridized carbons (Fsp3) is 0.444. The molecule has 1 aromatic rings. The minimum absolute atomic E-state index is 0.0890. The van der Waals surface area contributed by atoms with Gasteiger partial charge in [0.1, 0.15) is 12.2 Å². The molecule has 1 aliphatic carbocycles. The molecule has 0 heterocycles. The number of amides is 2. The molecule has 0 spiro atoms.